The molecule has 0 saturated heterocycles. The van der Waals surface area contributed by atoms with Crippen molar-refractivity contribution in [2.24, 2.45) is 5.84 Å². The number of rotatable bonds is 5. The summed E-state index contributed by atoms with van der Waals surface area (Å²) in [7, 11) is 1.88. The Hall–Kier alpha value is -2.61. The van der Waals surface area contributed by atoms with E-state index in [-0.39, 0.29) is 12.1 Å². The van der Waals surface area contributed by atoms with Crippen LogP contribution < -0.4 is 21.7 Å². The zero-order valence-corrected chi connectivity index (χ0v) is 11.9. The number of nitrogens with two attached hydrogens (primary N) is 1. The van der Waals surface area contributed by atoms with Gasteiger partial charge in [-0.2, -0.15) is 5.10 Å². The van der Waals surface area contributed by atoms with Gasteiger partial charge in [0.25, 0.3) is 11.5 Å². The molecule has 3 N–H and O–H groups in total. The summed E-state index contributed by atoms with van der Waals surface area (Å²) in [6.45, 7) is 2.91. The number of hydrogen-bond donors (Lipinski definition) is 2. The summed E-state index contributed by atoms with van der Waals surface area (Å²) in [4.78, 5) is 25.2. The molecule has 0 radical (unpaired) electrons. The van der Waals surface area contributed by atoms with E-state index in [1.165, 1.54) is 23.1 Å². The fourth-order valence-corrected chi connectivity index (χ4v) is 1.75. The molecule has 8 heteroatoms. The van der Waals surface area contributed by atoms with Crippen LogP contribution in [0.1, 0.15) is 23.0 Å². The number of anilines is 1. The highest BCUT2D eigenvalue weighted by Crippen LogP contribution is 2.10. The number of amides is 1. The van der Waals surface area contributed by atoms with Crippen LogP contribution >= 0.6 is 0 Å². The Balaban J connectivity index is 2.18. The summed E-state index contributed by atoms with van der Waals surface area (Å²) in [5, 5.41) is 4.09. The van der Waals surface area contributed by atoms with Gasteiger partial charge in [-0.1, -0.05) is 0 Å². The molecule has 0 aliphatic heterocycles. The summed E-state index contributed by atoms with van der Waals surface area (Å²) in [6.07, 6.45) is 2.89. The van der Waals surface area contributed by atoms with Crippen molar-refractivity contribution in [1.29, 1.82) is 0 Å². The molecule has 0 bridgehead atoms. The minimum Gasteiger partial charge on any atom is -0.467 e. The first kappa shape index (κ1) is 14.8. The van der Waals surface area contributed by atoms with Crippen LogP contribution in [0.25, 0.3) is 0 Å². The van der Waals surface area contributed by atoms with E-state index in [4.69, 9.17) is 10.3 Å². The topological polar surface area (TPSA) is 106 Å². The molecule has 2 heterocycles. The van der Waals surface area contributed by atoms with E-state index in [2.05, 4.69) is 5.10 Å². The van der Waals surface area contributed by atoms with E-state index < -0.39 is 5.91 Å². The maximum absolute atomic E-state index is 12.0. The highest BCUT2D eigenvalue weighted by molar-refractivity contribution is 5.93. The summed E-state index contributed by atoms with van der Waals surface area (Å²) < 4.78 is 6.48. The van der Waals surface area contributed by atoms with Crippen LogP contribution in [0.15, 0.2) is 33.8 Å². The summed E-state index contributed by atoms with van der Waals surface area (Å²) >= 11 is 0. The van der Waals surface area contributed by atoms with Crippen molar-refractivity contribution < 1.29 is 9.21 Å². The fraction of sp³-hybridized carbons (Fsp3) is 0.308. The summed E-state index contributed by atoms with van der Waals surface area (Å²) in [5.74, 6) is 5.03. The molecule has 0 spiro atoms. The van der Waals surface area contributed by atoms with E-state index in [9.17, 15) is 9.59 Å². The molecular weight excluding hydrogens is 274 g/mol. The van der Waals surface area contributed by atoms with E-state index in [1.807, 2.05) is 24.3 Å². The Kier molecular flexibility index (Phi) is 4.39. The second-order valence-electron chi connectivity index (χ2n) is 4.50. The first-order chi connectivity index (χ1) is 10.0. The van der Waals surface area contributed by atoms with Crippen molar-refractivity contribution in [3.8, 4) is 0 Å². The van der Waals surface area contributed by atoms with Gasteiger partial charge in [-0.15, -0.1) is 0 Å². The molecule has 112 valence electrons. The number of carbonyl (C=O) groups excluding carboxylic acids is 1. The van der Waals surface area contributed by atoms with Crippen molar-refractivity contribution in [3.63, 3.8) is 0 Å². The van der Waals surface area contributed by atoms with Gasteiger partial charge in [0.1, 0.15) is 18.6 Å². The molecule has 8 nitrogen and oxygen atoms in total. The number of furan rings is 1. The number of carbonyl (C=O) groups is 1. The Morgan fingerprint density at radius 3 is 2.90 bits per heavy atom. The molecule has 2 aromatic rings. The third-order valence-corrected chi connectivity index (χ3v) is 3.12. The van der Waals surface area contributed by atoms with Crippen LogP contribution in [-0.4, -0.2) is 29.3 Å². The predicted molar refractivity (Wildman–Crippen MR) is 76.9 cm³/mol. The minimum absolute atomic E-state index is 0.146. The Labute approximate surface area is 121 Å². The molecule has 2 rings (SSSR count). The van der Waals surface area contributed by atoms with Crippen molar-refractivity contribution in [2.45, 2.75) is 13.5 Å². The maximum atomic E-state index is 12.0. The number of nitrogen functional groups attached to an aromatic ring is 1. The third-order valence-electron chi connectivity index (χ3n) is 3.12. The molecule has 2 aromatic heterocycles. The Morgan fingerprint density at radius 1 is 1.52 bits per heavy atom. The quantitative estimate of drug-likeness (QED) is 0.454. The molecule has 0 aliphatic rings. The molecule has 0 saturated carbocycles. The van der Waals surface area contributed by atoms with E-state index in [0.29, 0.717) is 11.3 Å². The van der Waals surface area contributed by atoms with Crippen molar-refractivity contribution in [3.05, 3.63) is 46.3 Å². The number of nitrogens with zero attached hydrogens (tertiary/aromatic N) is 3. The second kappa shape index (κ2) is 6.23. The van der Waals surface area contributed by atoms with Crippen LogP contribution in [-0.2, 0) is 6.54 Å². The van der Waals surface area contributed by atoms with Crippen LogP contribution in [0.5, 0.6) is 0 Å². The molecule has 0 aliphatic carbocycles. The van der Waals surface area contributed by atoms with Crippen molar-refractivity contribution >= 4 is 11.6 Å². The Bertz CT molecular complexity index is 691. The molecule has 0 atom stereocenters. The lowest BCUT2D eigenvalue weighted by atomic mass is 10.3. The van der Waals surface area contributed by atoms with Crippen LogP contribution in [0.3, 0.4) is 0 Å². The zero-order valence-electron chi connectivity index (χ0n) is 11.9. The molecule has 0 unspecified atom stereocenters. The monoisotopic (exact) mass is 291 g/mol. The largest absolute Gasteiger partial charge is 0.467 e. The molecule has 1 amide bonds. The van der Waals surface area contributed by atoms with Gasteiger partial charge in [0.05, 0.1) is 17.4 Å². The molecule has 0 fully saturated rings. The SMILES string of the molecule is CCN(C)c1cnn(Cc2cc(C(=O)NN)co2)c(=O)c1. The van der Waals surface area contributed by atoms with E-state index in [0.717, 1.165) is 12.2 Å². The molecule has 0 aromatic carbocycles. The van der Waals surface area contributed by atoms with Gasteiger partial charge < -0.3 is 9.32 Å². The first-order valence-corrected chi connectivity index (χ1v) is 6.41. The van der Waals surface area contributed by atoms with E-state index >= 15 is 0 Å². The lowest BCUT2D eigenvalue weighted by molar-refractivity contribution is 0.0953. The first-order valence-electron chi connectivity index (χ1n) is 6.41. The smallest absolute Gasteiger partial charge is 0.269 e. The highest BCUT2D eigenvalue weighted by atomic mass is 16.3. The minimum atomic E-state index is -0.453. The van der Waals surface area contributed by atoms with Crippen molar-refractivity contribution in [1.82, 2.24) is 15.2 Å². The van der Waals surface area contributed by atoms with Gasteiger partial charge >= 0.3 is 0 Å². The fourth-order valence-electron chi connectivity index (χ4n) is 1.75. The van der Waals surface area contributed by atoms with E-state index in [1.54, 1.807) is 6.20 Å². The van der Waals surface area contributed by atoms with Crippen molar-refractivity contribution in [2.75, 3.05) is 18.5 Å². The van der Waals surface area contributed by atoms with Gasteiger partial charge in [0.15, 0.2) is 0 Å². The van der Waals surface area contributed by atoms with Gasteiger partial charge in [0, 0.05) is 19.7 Å². The third kappa shape index (κ3) is 3.29. The maximum Gasteiger partial charge on any atom is 0.269 e. The number of hydrogen-bond acceptors (Lipinski definition) is 6. The zero-order chi connectivity index (χ0) is 15.4. The lowest BCUT2D eigenvalue weighted by Crippen LogP contribution is -2.29. The van der Waals surface area contributed by atoms with Crippen LogP contribution in [0, 0.1) is 0 Å². The lowest BCUT2D eigenvalue weighted by Gasteiger charge is -2.16. The van der Waals surface area contributed by atoms with Gasteiger partial charge in [-0.3, -0.25) is 15.0 Å². The number of nitrogens with one attached hydrogen (secondary N) is 1. The number of aromatic nitrogens is 2. The highest BCUT2D eigenvalue weighted by Gasteiger charge is 2.10. The predicted octanol–water partition coefficient (Wildman–Crippen LogP) is -0.0558. The normalized spacial score (nSPS) is 10.4. The molecule has 21 heavy (non-hydrogen) atoms. The average molecular weight is 291 g/mol. The van der Waals surface area contributed by atoms with Gasteiger partial charge in [-0.05, 0) is 13.0 Å². The standard InChI is InChI=1S/C13H17N5O3/c1-3-17(2)10-5-12(19)18(15-6-10)7-11-4-9(8-21-11)13(20)16-14/h4-6,8H,3,7,14H2,1-2H3,(H,16,20). The van der Waals surface area contributed by atoms with Crippen LogP contribution in [0.4, 0.5) is 5.69 Å². The Morgan fingerprint density at radius 2 is 2.29 bits per heavy atom. The molecular formula is C13H17N5O3. The summed E-state index contributed by atoms with van der Waals surface area (Å²) in [6, 6.07) is 3.02. The van der Waals surface area contributed by atoms with Crippen LogP contribution in [0.2, 0.25) is 0 Å². The number of hydrazine groups is 1. The van der Waals surface area contributed by atoms with Gasteiger partial charge in [0.2, 0.25) is 0 Å². The van der Waals surface area contributed by atoms with Gasteiger partial charge in [-0.25, -0.2) is 10.5 Å². The average Bonchev–Trinajstić information content (AvgIpc) is 2.96. The summed E-state index contributed by atoms with van der Waals surface area (Å²) in [5.41, 5.74) is 2.81. The second-order valence-corrected chi connectivity index (χ2v) is 4.50.